The van der Waals surface area contributed by atoms with Gasteiger partial charge in [-0.2, -0.15) is 0 Å². The lowest BCUT2D eigenvalue weighted by molar-refractivity contribution is 0.0876. The van der Waals surface area contributed by atoms with Crippen LogP contribution < -0.4 is 9.47 Å². The zero-order valence-electron chi connectivity index (χ0n) is 18.8. The second-order valence-corrected chi connectivity index (χ2v) is 8.65. The van der Waals surface area contributed by atoms with Gasteiger partial charge < -0.3 is 9.47 Å². The summed E-state index contributed by atoms with van der Waals surface area (Å²) in [7, 11) is 0. The molecule has 0 atom stereocenters. The van der Waals surface area contributed by atoms with Gasteiger partial charge in [0.05, 0.1) is 5.56 Å². The molecule has 0 saturated carbocycles. The molecule has 0 unspecified atom stereocenters. The number of benzene rings is 3. The SMILES string of the molecule is CCc1ccc(/C=C2\Oc3c(cc4c(c3C)OCN(Cc3ccc(C)cc3)C4)C2=O)cc1. The Bertz CT molecular complexity index is 1210. The Kier molecular flexibility index (Phi) is 5.32. The number of allylic oxidation sites excluding steroid dienone is 1. The molecule has 2 aliphatic heterocycles. The number of aryl methyl sites for hydroxylation is 2. The first-order valence-corrected chi connectivity index (χ1v) is 11.1. The molecule has 0 saturated heterocycles. The molecule has 0 aliphatic carbocycles. The van der Waals surface area contributed by atoms with Gasteiger partial charge in [-0.05, 0) is 49.1 Å². The highest BCUT2D eigenvalue weighted by atomic mass is 16.5. The summed E-state index contributed by atoms with van der Waals surface area (Å²) < 4.78 is 12.1. The highest BCUT2D eigenvalue weighted by Gasteiger charge is 2.33. The highest BCUT2D eigenvalue weighted by Crippen LogP contribution is 2.43. The molecular weight excluding hydrogens is 398 g/mol. The van der Waals surface area contributed by atoms with Crippen LogP contribution >= 0.6 is 0 Å². The van der Waals surface area contributed by atoms with Crippen molar-refractivity contribution in [2.24, 2.45) is 0 Å². The third kappa shape index (κ3) is 3.82. The first-order valence-electron chi connectivity index (χ1n) is 11.1. The molecule has 2 aliphatic rings. The van der Waals surface area contributed by atoms with Crippen molar-refractivity contribution < 1.29 is 14.3 Å². The van der Waals surface area contributed by atoms with E-state index in [1.165, 1.54) is 16.7 Å². The van der Waals surface area contributed by atoms with Crippen molar-refractivity contribution in [3.63, 3.8) is 0 Å². The molecule has 2 heterocycles. The third-order valence-electron chi connectivity index (χ3n) is 6.21. The normalized spacial score (nSPS) is 16.5. The molecule has 3 aromatic carbocycles. The van der Waals surface area contributed by atoms with E-state index in [-0.39, 0.29) is 5.78 Å². The number of ether oxygens (including phenoxy) is 2. The lowest BCUT2D eigenvalue weighted by atomic mass is 9.99. The molecule has 162 valence electrons. The Labute approximate surface area is 189 Å². The summed E-state index contributed by atoms with van der Waals surface area (Å²) >= 11 is 0. The summed E-state index contributed by atoms with van der Waals surface area (Å²) in [6, 6.07) is 18.7. The molecule has 0 radical (unpaired) electrons. The van der Waals surface area contributed by atoms with Crippen LogP contribution in [0.15, 0.2) is 60.4 Å². The summed E-state index contributed by atoms with van der Waals surface area (Å²) in [4.78, 5) is 15.4. The van der Waals surface area contributed by atoms with E-state index < -0.39 is 0 Å². The molecule has 0 N–H and O–H groups in total. The standard InChI is InChI=1S/C28H27NO3/c1-4-20-9-11-21(12-10-20)13-25-26(30)24-14-23-16-29(15-22-7-5-18(2)6-8-22)17-31-27(23)19(3)28(24)32-25/h5-14H,4,15-17H2,1-3H3/b25-13-. The van der Waals surface area contributed by atoms with E-state index >= 15 is 0 Å². The maximum Gasteiger partial charge on any atom is 0.231 e. The molecule has 0 aromatic heterocycles. The second-order valence-electron chi connectivity index (χ2n) is 8.65. The van der Waals surface area contributed by atoms with Gasteiger partial charge in [0.15, 0.2) is 5.76 Å². The number of nitrogens with zero attached hydrogens (tertiary/aromatic N) is 1. The van der Waals surface area contributed by atoms with Crippen LogP contribution in [-0.2, 0) is 19.5 Å². The quantitative estimate of drug-likeness (QED) is 0.493. The lowest BCUT2D eigenvalue weighted by Gasteiger charge is -2.30. The minimum absolute atomic E-state index is 0.0684. The Morgan fingerprint density at radius 1 is 0.969 bits per heavy atom. The average Bonchev–Trinajstić information content (AvgIpc) is 3.11. The molecule has 3 aromatic rings. The predicted molar refractivity (Wildman–Crippen MR) is 126 cm³/mol. The third-order valence-corrected chi connectivity index (χ3v) is 6.21. The van der Waals surface area contributed by atoms with Gasteiger partial charge in [0, 0.05) is 24.2 Å². The fourth-order valence-electron chi connectivity index (χ4n) is 4.35. The monoisotopic (exact) mass is 425 g/mol. The number of hydrogen-bond acceptors (Lipinski definition) is 4. The van der Waals surface area contributed by atoms with Gasteiger partial charge >= 0.3 is 0 Å². The van der Waals surface area contributed by atoms with E-state index in [1.54, 1.807) is 0 Å². The molecule has 0 amide bonds. The smallest absolute Gasteiger partial charge is 0.231 e. The van der Waals surface area contributed by atoms with Gasteiger partial charge in [0.2, 0.25) is 5.78 Å². The number of carbonyl (C=O) groups excluding carboxylic acids is 1. The van der Waals surface area contributed by atoms with Crippen LogP contribution in [0.25, 0.3) is 6.08 Å². The van der Waals surface area contributed by atoms with Gasteiger partial charge in [-0.15, -0.1) is 0 Å². The first kappa shape index (κ1) is 20.5. The minimum Gasteiger partial charge on any atom is -0.477 e. The predicted octanol–water partition coefficient (Wildman–Crippen LogP) is 5.83. The molecule has 4 nitrogen and oxygen atoms in total. The fraction of sp³-hybridized carbons (Fsp3) is 0.250. The van der Waals surface area contributed by atoms with Gasteiger partial charge in [0.25, 0.3) is 0 Å². The highest BCUT2D eigenvalue weighted by molar-refractivity contribution is 6.15. The summed E-state index contributed by atoms with van der Waals surface area (Å²) in [5, 5.41) is 0. The maximum atomic E-state index is 13.1. The minimum atomic E-state index is -0.0684. The molecular formula is C28H27NO3. The van der Waals surface area contributed by atoms with Crippen molar-refractivity contribution >= 4 is 11.9 Å². The topological polar surface area (TPSA) is 38.8 Å². The van der Waals surface area contributed by atoms with E-state index in [2.05, 4.69) is 55.1 Å². The number of fused-ring (bicyclic) bond motifs is 2. The van der Waals surface area contributed by atoms with Crippen molar-refractivity contribution in [3.05, 3.63) is 99.3 Å². The zero-order valence-corrected chi connectivity index (χ0v) is 18.8. The van der Waals surface area contributed by atoms with Crippen molar-refractivity contribution in [1.82, 2.24) is 4.90 Å². The Hall–Kier alpha value is -3.37. The lowest BCUT2D eigenvalue weighted by Crippen LogP contribution is -2.32. The number of Topliss-reactive ketones (excluding diaryl/α,β-unsaturated/α-hetero) is 1. The van der Waals surface area contributed by atoms with Crippen molar-refractivity contribution in [3.8, 4) is 11.5 Å². The van der Waals surface area contributed by atoms with Gasteiger partial charge in [-0.3, -0.25) is 9.69 Å². The molecule has 5 rings (SSSR count). The van der Waals surface area contributed by atoms with Crippen LogP contribution in [0.4, 0.5) is 0 Å². The summed E-state index contributed by atoms with van der Waals surface area (Å²) in [5.41, 5.74) is 7.28. The zero-order chi connectivity index (χ0) is 22.2. The molecule has 0 bridgehead atoms. The number of carbonyl (C=O) groups is 1. The fourth-order valence-corrected chi connectivity index (χ4v) is 4.35. The molecule has 0 fully saturated rings. The number of rotatable bonds is 4. The van der Waals surface area contributed by atoms with Crippen molar-refractivity contribution in [2.75, 3.05) is 6.73 Å². The van der Waals surface area contributed by atoms with Gasteiger partial charge in [0.1, 0.15) is 18.2 Å². The van der Waals surface area contributed by atoms with Crippen molar-refractivity contribution in [1.29, 1.82) is 0 Å². The van der Waals surface area contributed by atoms with Crippen LogP contribution in [0.1, 0.15) is 50.7 Å². The van der Waals surface area contributed by atoms with Crippen LogP contribution in [0.5, 0.6) is 11.5 Å². The van der Waals surface area contributed by atoms with Crippen LogP contribution in [0, 0.1) is 13.8 Å². The Balaban J connectivity index is 1.39. The van der Waals surface area contributed by atoms with Crippen LogP contribution in [-0.4, -0.2) is 17.4 Å². The Morgan fingerprint density at radius 2 is 1.69 bits per heavy atom. The van der Waals surface area contributed by atoms with Crippen LogP contribution in [0.3, 0.4) is 0 Å². The van der Waals surface area contributed by atoms with Crippen molar-refractivity contribution in [2.45, 2.75) is 40.3 Å². The van der Waals surface area contributed by atoms with E-state index in [9.17, 15) is 4.79 Å². The second kappa shape index (κ2) is 8.29. The largest absolute Gasteiger partial charge is 0.477 e. The van der Waals surface area contributed by atoms with E-state index in [1.807, 2.05) is 31.2 Å². The molecule has 4 heteroatoms. The first-order chi connectivity index (χ1) is 15.5. The van der Waals surface area contributed by atoms with Gasteiger partial charge in [-0.1, -0.05) is 61.0 Å². The Morgan fingerprint density at radius 3 is 2.41 bits per heavy atom. The van der Waals surface area contributed by atoms with E-state index in [0.717, 1.165) is 42.0 Å². The summed E-state index contributed by atoms with van der Waals surface area (Å²) in [6.07, 6.45) is 2.81. The maximum absolute atomic E-state index is 13.1. The molecule has 0 spiro atoms. The summed E-state index contributed by atoms with van der Waals surface area (Å²) in [6.45, 7) is 8.25. The van der Waals surface area contributed by atoms with Gasteiger partial charge in [-0.25, -0.2) is 0 Å². The molecule has 32 heavy (non-hydrogen) atoms. The number of ketones is 1. The average molecular weight is 426 g/mol. The van der Waals surface area contributed by atoms with E-state index in [0.29, 0.717) is 23.8 Å². The van der Waals surface area contributed by atoms with Crippen LogP contribution in [0.2, 0.25) is 0 Å². The summed E-state index contributed by atoms with van der Waals surface area (Å²) in [5.74, 6) is 1.76. The number of hydrogen-bond donors (Lipinski definition) is 0. The van der Waals surface area contributed by atoms with E-state index in [4.69, 9.17) is 9.47 Å².